The fraction of sp³-hybridized carbons (Fsp3) is 0.917. The predicted molar refractivity (Wildman–Crippen MR) is 69.5 cm³/mol. The second-order valence-electron chi connectivity index (χ2n) is 4.69. The summed E-state index contributed by atoms with van der Waals surface area (Å²) in [5.41, 5.74) is 0. The van der Waals surface area contributed by atoms with Crippen molar-refractivity contribution in [2.45, 2.75) is 32.3 Å². The summed E-state index contributed by atoms with van der Waals surface area (Å²) in [6.07, 6.45) is 3.43. The summed E-state index contributed by atoms with van der Waals surface area (Å²) >= 11 is 0. The minimum Gasteiger partial charge on any atom is -0.377 e. The molecule has 2 heterocycles. The van der Waals surface area contributed by atoms with Crippen LogP contribution in [0.15, 0.2) is 0 Å². The van der Waals surface area contributed by atoms with Gasteiger partial charge in [-0.25, -0.2) is 0 Å². The Morgan fingerprint density at radius 3 is 2.94 bits per heavy atom. The maximum Gasteiger partial charge on any atom is 0.227 e. The molecule has 0 aromatic heterocycles. The zero-order valence-corrected chi connectivity index (χ0v) is 11.3. The van der Waals surface area contributed by atoms with Gasteiger partial charge in [-0.05, 0) is 32.7 Å². The zero-order valence-electron chi connectivity index (χ0n) is 10.5. The third-order valence-electron chi connectivity index (χ3n) is 3.50. The van der Waals surface area contributed by atoms with Gasteiger partial charge in [-0.15, -0.1) is 12.4 Å². The summed E-state index contributed by atoms with van der Waals surface area (Å²) in [6.45, 7) is 6.31. The number of carbonyl (C=O) groups is 1. The molecule has 0 aromatic rings. The number of nitrogens with one attached hydrogen (secondary N) is 1. The van der Waals surface area contributed by atoms with Crippen LogP contribution in [0.3, 0.4) is 0 Å². The molecule has 2 saturated heterocycles. The molecular formula is C12H23ClN2O2. The molecule has 2 aliphatic rings. The number of halogens is 1. The summed E-state index contributed by atoms with van der Waals surface area (Å²) in [5, 5.41) is 3.25. The van der Waals surface area contributed by atoms with Gasteiger partial charge in [-0.1, -0.05) is 0 Å². The highest BCUT2D eigenvalue weighted by Gasteiger charge is 2.30. The SMILES string of the molecule is CCOC1CCCN(C(=O)C2CCNC2)C1.Cl. The van der Waals surface area contributed by atoms with Crippen molar-refractivity contribution < 1.29 is 9.53 Å². The van der Waals surface area contributed by atoms with Gasteiger partial charge in [0, 0.05) is 26.2 Å². The number of hydrogen-bond acceptors (Lipinski definition) is 3. The molecule has 0 spiro atoms. The molecule has 0 radical (unpaired) electrons. The van der Waals surface area contributed by atoms with Crippen molar-refractivity contribution in [1.29, 1.82) is 0 Å². The van der Waals surface area contributed by atoms with E-state index < -0.39 is 0 Å². The Morgan fingerprint density at radius 1 is 1.47 bits per heavy atom. The standard InChI is InChI=1S/C12H22N2O2.ClH/c1-2-16-11-4-3-7-14(9-11)12(15)10-5-6-13-8-10;/h10-11,13H,2-9H2,1H3;1H. The maximum atomic E-state index is 12.2. The first-order valence-corrected chi connectivity index (χ1v) is 6.42. The van der Waals surface area contributed by atoms with Gasteiger partial charge in [-0.3, -0.25) is 4.79 Å². The van der Waals surface area contributed by atoms with Crippen LogP contribution >= 0.6 is 12.4 Å². The smallest absolute Gasteiger partial charge is 0.227 e. The molecule has 0 aliphatic carbocycles. The van der Waals surface area contributed by atoms with Crippen molar-refractivity contribution in [2.24, 2.45) is 5.92 Å². The first-order chi connectivity index (χ1) is 7.81. The molecule has 0 bridgehead atoms. The van der Waals surface area contributed by atoms with Crippen LogP contribution in [0.4, 0.5) is 0 Å². The number of amides is 1. The van der Waals surface area contributed by atoms with Crippen molar-refractivity contribution >= 4 is 18.3 Å². The lowest BCUT2D eigenvalue weighted by molar-refractivity contribution is -0.139. The highest BCUT2D eigenvalue weighted by Crippen LogP contribution is 2.18. The van der Waals surface area contributed by atoms with E-state index in [2.05, 4.69) is 5.32 Å². The average Bonchev–Trinajstić information content (AvgIpc) is 2.82. The number of ether oxygens (including phenoxy) is 1. The van der Waals surface area contributed by atoms with Crippen LogP contribution in [0, 0.1) is 5.92 Å². The molecule has 2 aliphatic heterocycles. The third kappa shape index (κ3) is 3.83. The van der Waals surface area contributed by atoms with Crippen molar-refractivity contribution in [3.63, 3.8) is 0 Å². The monoisotopic (exact) mass is 262 g/mol. The lowest BCUT2D eigenvalue weighted by Crippen LogP contribution is -2.46. The van der Waals surface area contributed by atoms with E-state index in [1.165, 1.54) is 0 Å². The van der Waals surface area contributed by atoms with E-state index in [4.69, 9.17) is 4.74 Å². The topological polar surface area (TPSA) is 41.6 Å². The van der Waals surface area contributed by atoms with E-state index in [0.717, 1.165) is 52.0 Å². The zero-order chi connectivity index (χ0) is 11.4. The van der Waals surface area contributed by atoms with Gasteiger partial charge in [0.1, 0.15) is 0 Å². The molecule has 5 heteroatoms. The van der Waals surface area contributed by atoms with Crippen LogP contribution in [0.1, 0.15) is 26.2 Å². The minimum atomic E-state index is 0. The molecule has 1 N–H and O–H groups in total. The number of carbonyl (C=O) groups excluding carboxylic acids is 1. The van der Waals surface area contributed by atoms with Gasteiger partial charge >= 0.3 is 0 Å². The van der Waals surface area contributed by atoms with Gasteiger partial charge in [0.15, 0.2) is 0 Å². The summed E-state index contributed by atoms with van der Waals surface area (Å²) in [6, 6.07) is 0. The molecule has 2 atom stereocenters. The number of piperidine rings is 1. The molecule has 2 rings (SSSR count). The lowest BCUT2D eigenvalue weighted by Gasteiger charge is -2.34. The lowest BCUT2D eigenvalue weighted by atomic mass is 10.0. The van der Waals surface area contributed by atoms with Crippen LogP contribution in [-0.2, 0) is 9.53 Å². The molecule has 0 aromatic carbocycles. The van der Waals surface area contributed by atoms with Crippen molar-refractivity contribution in [2.75, 3.05) is 32.8 Å². The Bertz CT molecular complexity index is 243. The molecule has 100 valence electrons. The molecule has 2 fully saturated rings. The third-order valence-corrected chi connectivity index (χ3v) is 3.50. The summed E-state index contributed by atoms with van der Waals surface area (Å²) in [4.78, 5) is 14.2. The van der Waals surface area contributed by atoms with Gasteiger partial charge in [0.25, 0.3) is 0 Å². The van der Waals surface area contributed by atoms with E-state index in [1.54, 1.807) is 0 Å². The largest absolute Gasteiger partial charge is 0.377 e. The fourth-order valence-corrected chi connectivity index (χ4v) is 2.63. The molecule has 2 unspecified atom stereocenters. The van der Waals surface area contributed by atoms with Crippen LogP contribution in [-0.4, -0.2) is 49.7 Å². The van der Waals surface area contributed by atoms with Crippen LogP contribution in [0.5, 0.6) is 0 Å². The first-order valence-electron chi connectivity index (χ1n) is 6.42. The van der Waals surface area contributed by atoms with Crippen LogP contribution < -0.4 is 5.32 Å². The van der Waals surface area contributed by atoms with Gasteiger partial charge < -0.3 is 15.0 Å². The van der Waals surface area contributed by atoms with Gasteiger partial charge in [0.2, 0.25) is 5.91 Å². The Labute approximate surface area is 109 Å². The Hall–Kier alpha value is -0.320. The summed E-state index contributed by atoms with van der Waals surface area (Å²) in [5.74, 6) is 0.537. The highest BCUT2D eigenvalue weighted by molar-refractivity contribution is 5.85. The normalized spacial score (nSPS) is 28.9. The highest BCUT2D eigenvalue weighted by atomic mass is 35.5. The number of nitrogens with zero attached hydrogens (tertiary/aromatic N) is 1. The molecule has 0 saturated carbocycles. The summed E-state index contributed by atoms with van der Waals surface area (Å²) in [7, 11) is 0. The Kier molecular flexibility index (Phi) is 6.23. The van der Waals surface area contributed by atoms with Gasteiger partial charge in [0.05, 0.1) is 12.0 Å². The second-order valence-corrected chi connectivity index (χ2v) is 4.69. The molecular weight excluding hydrogens is 240 g/mol. The quantitative estimate of drug-likeness (QED) is 0.827. The molecule has 4 nitrogen and oxygen atoms in total. The van der Waals surface area contributed by atoms with Crippen molar-refractivity contribution in [3.8, 4) is 0 Å². The molecule has 1 amide bonds. The number of hydrogen-bond donors (Lipinski definition) is 1. The van der Waals surface area contributed by atoms with E-state index in [0.29, 0.717) is 5.91 Å². The van der Waals surface area contributed by atoms with Crippen molar-refractivity contribution in [3.05, 3.63) is 0 Å². The minimum absolute atomic E-state index is 0. The Morgan fingerprint density at radius 2 is 2.29 bits per heavy atom. The van der Waals surface area contributed by atoms with E-state index in [1.807, 2.05) is 11.8 Å². The van der Waals surface area contributed by atoms with Crippen LogP contribution in [0.25, 0.3) is 0 Å². The number of rotatable bonds is 3. The van der Waals surface area contributed by atoms with E-state index in [9.17, 15) is 4.79 Å². The maximum absolute atomic E-state index is 12.2. The van der Waals surface area contributed by atoms with E-state index in [-0.39, 0.29) is 24.4 Å². The first kappa shape index (κ1) is 14.7. The van der Waals surface area contributed by atoms with E-state index >= 15 is 0 Å². The number of likely N-dealkylation sites (tertiary alicyclic amines) is 1. The molecule has 17 heavy (non-hydrogen) atoms. The second kappa shape index (κ2) is 7.19. The van der Waals surface area contributed by atoms with Crippen LogP contribution in [0.2, 0.25) is 0 Å². The van der Waals surface area contributed by atoms with Crippen molar-refractivity contribution in [1.82, 2.24) is 10.2 Å². The average molecular weight is 263 g/mol. The fourth-order valence-electron chi connectivity index (χ4n) is 2.63. The summed E-state index contributed by atoms with van der Waals surface area (Å²) < 4.78 is 5.62. The Balaban J connectivity index is 0.00000144. The predicted octanol–water partition coefficient (Wildman–Crippen LogP) is 1.05. The van der Waals surface area contributed by atoms with Gasteiger partial charge in [-0.2, -0.15) is 0 Å².